The monoisotopic (exact) mass is 484 g/mol. The first-order valence-electron chi connectivity index (χ1n) is 11.3. The Kier molecular flexibility index (Phi) is 5.37. The average molecular weight is 485 g/mol. The van der Waals surface area contributed by atoms with Gasteiger partial charge in [-0.3, -0.25) is 0 Å². The number of thioether (sulfide) groups is 1. The van der Waals surface area contributed by atoms with Crippen molar-refractivity contribution in [2.45, 2.75) is 17.3 Å². The zero-order valence-corrected chi connectivity index (χ0v) is 20.4. The van der Waals surface area contributed by atoms with Crippen molar-refractivity contribution >= 4 is 23.4 Å². The van der Waals surface area contributed by atoms with Gasteiger partial charge in [-0.15, -0.1) is 5.10 Å². The van der Waals surface area contributed by atoms with Gasteiger partial charge in [-0.2, -0.15) is 4.98 Å². The number of anilines is 1. The summed E-state index contributed by atoms with van der Waals surface area (Å²) < 4.78 is 19.8. The van der Waals surface area contributed by atoms with Crippen LogP contribution in [0.15, 0.2) is 83.5 Å². The van der Waals surface area contributed by atoms with Crippen molar-refractivity contribution in [3.63, 3.8) is 0 Å². The van der Waals surface area contributed by atoms with Crippen molar-refractivity contribution in [3.05, 3.63) is 95.1 Å². The maximum atomic E-state index is 6.67. The minimum Gasteiger partial charge on any atom is -0.493 e. The van der Waals surface area contributed by atoms with E-state index in [0.29, 0.717) is 22.6 Å². The Balaban J connectivity index is 1.63. The van der Waals surface area contributed by atoms with Crippen molar-refractivity contribution in [1.82, 2.24) is 14.8 Å². The van der Waals surface area contributed by atoms with E-state index in [9.17, 15) is 0 Å². The average Bonchev–Trinajstić information content (AvgIpc) is 3.34. The summed E-state index contributed by atoms with van der Waals surface area (Å²) in [5.74, 6) is 2.85. The fourth-order valence-electron chi connectivity index (χ4n) is 4.79. The van der Waals surface area contributed by atoms with E-state index in [0.717, 1.165) is 33.7 Å². The number of para-hydroxylation sites is 1. The molecular formula is C27H24N4O3S. The lowest BCUT2D eigenvalue weighted by atomic mass is 9.84. The third kappa shape index (κ3) is 3.52. The molecule has 0 unspecified atom stereocenters. The van der Waals surface area contributed by atoms with Crippen molar-refractivity contribution in [1.29, 1.82) is 0 Å². The molecule has 0 radical (unpaired) electrons. The predicted molar refractivity (Wildman–Crippen MR) is 136 cm³/mol. The molecule has 4 aromatic rings. The number of methoxy groups -OCH3 is 2. The zero-order chi connectivity index (χ0) is 23.9. The molecule has 0 fully saturated rings. The van der Waals surface area contributed by atoms with Crippen molar-refractivity contribution in [3.8, 4) is 17.2 Å². The van der Waals surface area contributed by atoms with Gasteiger partial charge in [0.1, 0.15) is 17.9 Å². The van der Waals surface area contributed by atoms with E-state index in [1.807, 2.05) is 59.5 Å². The van der Waals surface area contributed by atoms with Crippen LogP contribution in [0.25, 0.3) is 5.70 Å². The second-order valence-electron chi connectivity index (χ2n) is 8.24. The molecule has 0 saturated heterocycles. The molecule has 3 aromatic carbocycles. The van der Waals surface area contributed by atoms with E-state index in [1.54, 1.807) is 14.2 Å². The Morgan fingerprint density at radius 2 is 1.69 bits per heavy atom. The van der Waals surface area contributed by atoms with Gasteiger partial charge in [-0.05, 0) is 41.6 Å². The standard InChI is InChI=1S/C27H24N4O3S/c1-32-20-14-13-17(15-21(20)33-2)24-22-23(28-26-29-27(35-3)30-31(24)26)18-11-7-8-12-19(18)34-25(22)16-9-5-4-6-10-16/h4-15,24-25H,1-3H3,(H,28,29,30)/t24-,25-/m0/s1. The molecule has 1 N–H and O–H groups in total. The molecule has 0 bridgehead atoms. The molecule has 8 heteroatoms. The second kappa shape index (κ2) is 8.70. The highest BCUT2D eigenvalue weighted by Gasteiger charge is 2.41. The zero-order valence-electron chi connectivity index (χ0n) is 19.6. The van der Waals surface area contributed by atoms with Gasteiger partial charge in [-0.1, -0.05) is 60.3 Å². The molecule has 0 aliphatic carbocycles. The summed E-state index contributed by atoms with van der Waals surface area (Å²) in [6, 6.07) is 24.1. The molecule has 176 valence electrons. The summed E-state index contributed by atoms with van der Waals surface area (Å²) in [6.45, 7) is 0. The van der Waals surface area contributed by atoms with Crippen molar-refractivity contribution in [2.24, 2.45) is 0 Å². The fourth-order valence-corrected chi connectivity index (χ4v) is 5.14. The molecule has 7 nitrogen and oxygen atoms in total. The number of hydrogen-bond acceptors (Lipinski definition) is 7. The largest absolute Gasteiger partial charge is 0.493 e. The number of hydrogen-bond donors (Lipinski definition) is 1. The molecule has 0 amide bonds. The lowest BCUT2D eigenvalue weighted by molar-refractivity contribution is 0.223. The van der Waals surface area contributed by atoms with Crippen molar-refractivity contribution < 1.29 is 14.2 Å². The minimum atomic E-state index is -0.318. The summed E-state index contributed by atoms with van der Waals surface area (Å²) in [7, 11) is 3.29. The van der Waals surface area contributed by atoms with Gasteiger partial charge in [0.25, 0.3) is 0 Å². The summed E-state index contributed by atoms with van der Waals surface area (Å²) in [5, 5.41) is 9.12. The Labute approximate surface area is 207 Å². The van der Waals surface area contributed by atoms with E-state index in [1.165, 1.54) is 11.8 Å². The van der Waals surface area contributed by atoms with E-state index in [2.05, 4.69) is 29.6 Å². The Morgan fingerprint density at radius 1 is 0.914 bits per heavy atom. The Bertz CT molecular complexity index is 1430. The quantitative estimate of drug-likeness (QED) is 0.371. The minimum absolute atomic E-state index is 0.270. The molecule has 2 aliphatic heterocycles. The summed E-state index contributed by atoms with van der Waals surface area (Å²) >= 11 is 1.51. The summed E-state index contributed by atoms with van der Waals surface area (Å²) in [5.41, 5.74) is 5.12. The number of ether oxygens (including phenoxy) is 3. The van der Waals surface area contributed by atoms with Crippen LogP contribution in [0.2, 0.25) is 0 Å². The second-order valence-corrected chi connectivity index (χ2v) is 9.02. The first-order valence-corrected chi connectivity index (χ1v) is 12.5. The summed E-state index contributed by atoms with van der Waals surface area (Å²) in [6.07, 6.45) is 1.66. The van der Waals surface area contributed by atoms with Gasteiger partial charge < -0.3 is 19.5 Å². The Morgan fingerprint density at radius 3 is 2.46 bits per heavy atom. The fraction of sp³-hybridized carbons (Fsp3) is 0.185. The lowest BCUT2D eigenvalue weighted by Crippen LogP contribution is -2.32. The smallest absolute Gasteiger partial charge is 0.227 e. The highest BCUT2D eigenvalue weighted by Crippen LogP contribution is 2.51. The molecule has 3 heterocycles. The molecule has 0 saturated carbocycles. The van der Waals surface area contributed by atoms with Crippen LogP contribution in [-0.4, -0.2) is 35.2 Å². The van der Waals surface area contributed by atoms with Gasteiger partial charge in [0.15, 0.2) is 11.5 Å². The number of rotatable bonds is 5. The molecule has 35 heavy (non-hydrogen) atoms. The van der Waals surface area contributed by atoms with Crippen LogP contribution in [0, 0.1) is 0 Å². The topological polar surface area (TPSA) is 70.4 Å². The number of nitrogens with zero attached hydrogens (tertiary/aromatic N) is 3. The van der Waals surface area contributed by atoms with Crippen LogP contribution < -0.4 is 19.5 Å². The normalized spacial score (nSPS) is 18.0. The summed E-state index contributed by atoms with van der Waals surface area (Å²) in [4.78, 5) is 4.76. The molecular weight excluding hydrogens is 460 g/mol. The van der Waals surface area contributed by atoms with Crippen LogP contribution in [-0.2, 0) is 0 Å². The van der Waals surface area contributed by atoms with E-state index < -0.39 is 0 Å². The van der Waals surface area contributed by atoms with Crippen LogP contribution in [0.5, 0.6) is 17.2 Å². The number of benzene rings is 3. The van der Waals surface area contributed by atoms with E-state index in [4.69, 9.17) is 24.3 Å². The predicted octanol–water partition coefficient (Wildman–Crippen LogP) is 5.58. The van der Waals surface area contributed by atoms with Gasteiger partial charge >= 0.3 is 0 Å². The first kappa shape index (κ1) is 21.6. The van der Waals surface area contributed by atoms with Gasteiger partial charge in [-0.25, -0.2) is 4.68 Å². The highest BCUT2D eigenvalue weighted by molar-refractivity contribution is 7.98. The third-order valence-electron chi connectivity index (χ3n) is 6.37. The van der Waals surface area contributed by atoms with Gasteiger partial charge in [0.2, 0.25) is 11.1 Å². The Hall–Kier alpha value is -3.91. The van der Waals surface area contributed by atoms with Crippen molar-refractivity contribution in [2.75, 3.05) is 25.8 Å². The van der Waals surface area contributed by atoms with Gasteiger partial charge in [0.05, 0.1) is 19.9 Å². The van der Waals surface area contributed by atoms with Crippen LogP contribution in [0.1, 0.15) is 28.8 Å². The molecule has 2 aliphatic rings. The third-order valence-corrected chi connectivity index (χ3v) is 6.91. The molecule has 6 rings (SSSR count). The molecule has 0 spiro atoms. The SMILES string of the molecule is COc1ccc([C@H]2C3=C(Nc4nc(SC)nn42)c2ccccc2O[C@H]3c2ccccc2)cc1OC. The number of aromatic nitrogens is 3. The van der Waals surface area contributed by atoms with Crippen LogP contribution in [0.3, 0.4) is 0 Å². The highest BCUT2D eigenvalue weighted by atomic mass is 32.2. The van der Waals surface area contributed by atoms with Crippen LogP contribution in [0.4, 0.5) is 5.95 Å². The lowest BCUT2D eigenvalue weighted by Gasteiger charge is -2.39. The first-order chi connectivity index (χ1) is 17.2. The maximum Gasteiger partial charge on any atom is 0.227 e. The van der Waals surface area contributed by atoms with Gasteiger partial charge in [0, 0.05) is 11.1 Å². The van der Waals surface area contributed by atoms with E-state index >= 15 is 0 Å². The number of nitrogens with one attached hydrogen (secondary N) is 1. The maximum absolute atomic E-state index is 6.67. The van der Waals surface area contributed by atoms with E-state index in [-0.39, 0.29) is 12.1 Å². The van der Waals surface area contributed by atoms with Crippen LogP contribution >= 0.6 is 11.8 Å². The molecule has 2 atom stereocenters. The molecule has 1 aromatic heterocycles. The number of fused-ring (bicyclic) bond motifs is 3.